The monoisotopic (exact) mass is 484 g/mol. The summed E-state index contributed by atoms with van der Waals surface area (Å²) >= 11 is 0. The second kappa shape index (κ2) is 12.8. The molecule has 0 fully saturated rings. The van der Waals surface area contributed by atoms with Gasteiger partial charge in [-0.3, -0.25) is 9.79 Å². The van der Waals surface area contributed by atoms with E-state index in [4.69, 9.17) is 15.2 Å². The zero-order valence-electron chi connectivity index (χ0n) is 15.2. The molecule has 27 heavy (non-hydrogen) atoms. The number of nitrogens with one attached hydrogen (secondary N) is 2. The number of primary amides is 1. The fourth-order valence-electron chi connectivity index (χ4n) is 2.16. The molecule has 0 aromatic heterocycles. The number of aliphatic imine (C=N–C) groups is 1. The molecule has 2 aromatic rings. The second-order valence-corrected chi connectivity index (χ2v) is 5.42. The molecule has 0 aliphatic heterocycles. The lowest BCUT2D eigenvalue weighted by atomic mass is 10.2. The third kappa shape index (κ3) is 9.13. The van der Waals surface area contributed by atoms with E-state index < -0.39 is 5.91 Å². The first-order chi connectivity index (χ1) is 12.7. The lowest BCUT2D eigenvalue weighted by Gasteiger charge is -2.13. The van der Waals surface area contributed by atoms with Crippen LogP contribution in [-0.2, 0) is 11.3 Å². The average molecular weight is 484 g/mol. The first-order valence-electron chi connectivity index (χ1n) is 8.30. The van der Waals surface area contributed by atoms with Gasteiger partial charge < -0.3 is 25.8 Å². The van der Waals surface area contributed by atoms with Crippen LogP contribution in [0, 0.1) is 0 Å². The number of hydrogen-bond acceptors (Lipinski definition) is 4. The van der Waals surface area contributed by atoms with Crippen molar-refractivity contribution in [3.63, 3.8) is 0 Å². The SMILES string of the molecule is CN=C(NCCOc1ccccc1)NCc1cccc(OCC(N)=O)c1.I. The van der Waals surface area contributed by atoms with Crippen LogP contribution < -0.4 is 25.8 Å². The summed E-state index contributed by atoms with van der Waals surface area (Å²) in [7, 11) is 1.71. The summed E-state index contributed by atoms with van der Waals surface area (Å²) in [4.78, 5) is 15.0. The van der Waals surface area contributed by atoms with Crippen molar-refractivity contribution >= 4 is 35.8 Å². The van der Waals surface area contributed by atoms with Gasteiger partial charge in [0.25, 0.3) is 5.91 Å². The Morgan fingerprint density at radius 2 is 1.78 bits per heavy atom. The van der Waals surface area contributed by atoms with E-state index in [1.807, 2.05) is 48.5 Å². The van der Waals surface area contributed by atoms with Crippen LogP contribution in [0.15, 0.2) is 59.6 Å². The summed E-state index contributed by atoms with van der Waals surface area (Å²) in [5.41, 5.74) is 6.08. The molecule has 0 heterocycles. The zero-order valence-corrected chi connectivity index (χ0v) is 17.5. The van der Waals surface area contributed by atoms with Gasteiger partial charge >= 0.3 is 0 Å². The molecular weight excluding hydrogens is 459 g/mol. The second-order valence-electron chi connectivity index (χ2n) is 5.42. The van der Waals surface area contributed by atoms with E-state index in [0.717, 1.165) is 11.3 Å². The number of ether oxygens (including phenoxy) is 2. The lowest BCUT2D eigenvalue weighted by molar-refractivity contribution is -0.119. The van der Waals surface area contributed by atoms with Gasteiger partial charge in [-0.15, -0.1) is 24.0 Å². The van der Waals surface area contributed by atoms with Crippen molar-refractivity contribution in [3.05, 3.63) is 60.2 Å². The number of nitrogens with zero attached hydrogens (tertiary/aromatic N) is 1. The summed E-state index contributed by atoms with van der Waals surface area (Å²) < 4.78 is 10.9. The molecular formula is C19H25IN4O3. The van der Waals surface area contributed by atoms with Crippen molar-refractivity contribution in [1.29, 1.82) is 0 Å². The summed E-state index contributed by atoms with van der Waals surface area (Å²) in [5.74, 6) is 1.60. The van der Waals surface area contributed by atoms with Crippen molar-refractivity contribution in [2.24, 2.45) is 10.7 Å². The fraction of sp³-hybridized carbons (Fsp3) is 0.263. The number of hydrogen-bond donors (Lipinski definition) is 3. The van der Waals surface area contributed by atoms with Crippen molar-refractivity contribution in [2.45, 2.75) is 6.54 Å². The number of benzene rings is 2. The van der Waals surface area contributed by atoms with Crippen LogP contribution in [0.1, 0.15) is 5.56 Å². The Kier molecular flexibility index (Phi) is 10.7. The molecule has 8 heteroatoms. The van der Waals surface area contributed by atoms with Gasteiger partial charge in [-0.2, -0.15) is 0 Å². The Balaban J connectivity index is 0.00000364. The minimum atomic E-state index is -0.504. The maximum atomic E-state index is 10.8. The standard InChI is InChI=1S/C19H24N4O3.HI/c1-21-19(22-10-11-25-16-7-3-2-4-8-16)23-13-15-6-5-9-17(12-15)26-14-18(20)24;/h2-9,12H,10-11,13-14H2,1H3,(H2,20,24)(H2,21,22,23);1H. The lowest BCUT2D eigenvalue weighted by Crippen LogP contribution is -2.38. The van der Waals surface area contributed by atoms with Gasteiger partial charge in [0.05, 0.1) is 6.54 Å². The van der Waals surface area contributed by atoms with Crippen molar-refractivity contribution in [1.82, 2.24) is 10.6 Å². The molecule has 0 atom stereocenters. The van der Waals surface area contributed by atoms with E-state index in [1.54, 1.807) is 13.1 Å². The molecule has 0 saturated carbocycles. The predicted molar refractivity (Wildman–Crippen MR) is 117 cm³/mol. The van der Waals surface area contributed by atoms with Crippen LogP contribution in [0.5, 0.6) is 11.5 Å². The highest BCUT2D eigenvalue weighted by atomic mass is 127. The molecule has 146 valence electrons. The van der Waals surface area contributed by atoms with Crippen LogP contribution in [0.4, 0.5) is 0 Å². The summed E-state index contributed by atoms with van der Waals surface area (Å²) in [6.45, 7) is 1.58. The molecule has 4 N–H and O–H groups in total. The van der Waals surface area contributed by atoms with Crippen molar-refractivity contribution < 1.29 is 14.3 Å². The smallest absolute Gasteiger partial charge is 0.255 e. The largest absolute Gasteiger partial charge is 0.492 e. The first-order valence-corrected chi connectivity index (χ1v) is 8.30. The molecule has 0 unspecified atom stereocenters. The van der Waals surface area contributed by atoms with E-state index in [-0.39, 0.29) is 30.6 Å². The Labute approximate surface area is 176 Å². The minimum absolute atomic E-state index is 0. The maximum Gasteiger partial charge on any atom is 0.255 e. The number of halogens is 1. The molecule has 2 rings (SSSR count). The molecule has 0 spiro atoms. The van der Waals surface area contributed by atoms with E-state index >= 15 is 0 Å². The first kappa shape index (κ1) is 22.6. The van der Waals surface area contributed by atoms with Gasteiger partial charge in [0.1, 0.15) is 18.1 Å². The van der Waals surface area contributed by atoms with Gasteiger partial charge in [-0.1, -0.05) is 30.3 Å². The minimum Gasteiger partial charge on any atom is -0.492 e. The Morgan fingerprint density at radius 3 is 2.48 bits per heavy atom. The van der Waals surface area contributed by atoms with E-state index in [2.05, 4.69) is 15.6 Å². The van der Waals surface area contributed by atoms with Gasteiger partial charge in [-0.05, 0) is 29.8 Å². The van der Waals surface area contributed by atoms with Gasteiger partial charge in [0.15, 0.2) is 12.6 Å². The number of carbonyl (C=O) groups excluding carboxylic acids is 1. The highest BCUT2D eigenvalue weighted by Crippen LogP contribution is 2.13. The van der Waals surface area contributed by atoms with E-state index in [0.29, 0.717) is 31.4 Å². The number of para-hydroxylation sites is 1. The molecule has 0 aliphatic rings. The number of carbonyl (C=O) groups is 1. The highest BCUT2D eigenvalue weighted by molar-refractivity contribution is 14.0. The van der Waals surface area contributed by atoms with Crippen LogP contribution >= 0.6 is 24.0 Å². The summed E-state index contributed by atoms with van der Waals surface area (Å²) in [5, 5.41) is 6.40. The zero-order chi connectivity index (χ0) is 18.6. The number of rotatable bonds is 9. The van der Waals surface area contributed by atoms with Gasteiger partial charge in [0.2, 0.25) is 0 Å². The van der Waals surface area contributed by atoms with E-state index in [9.17, 15) is 4.79 Å². The maximum absolute atomic E-state index is 10.8. The molecule has 2 aromatic carbocycles. The van der Waals surface area contributed by atoms with Gasteiger partial charge in [-0.25, -0.2) is 0 Å². The Hall–Kier alpha value is -2.49. The van der Waals surface area contributed by atoms with E-state index in [1.165, 1.54) is 0 Å². The van der Waals surface area contributed by atoms with Crippen LogP contribution in [0.3, 0.4) is 0 Å². The number of guanidine groups is 1. The third-order valence-corrected chi connectivity index (χ3v) is 3.37. The molecule has 0 radical (unpaired) electrons. The number of amides is 1. The predicted octanol–water partition coefficient (Wildman–Crippen LogP) is 1.91. The Bertz CT molecular complexity index is 726. The topological polar surface area (TPSA) is 98.0 Å². The summed E-state index contributed by atoms with van der Waals surface area (Å²) in [6.07, 6.45) is 0. The van der Waals surface area contributed by atoms with Crippen molar-refractivity contribution in [3.8, 4) is 11.5 Å². The van der Waals surface area contributed by atoms with Crippen LogP contribution in [0.2, 0.25) is 0 Å². The third-order valence-electron chi connectivity index (χ3n) is 3.37. The average Bonchev–Trinajstić information content (AvgIpc) is 2.67. The highest BCUT2D eigenvalue weighted by Gasteiger charge is 2.02. The molecule has 0 saturated heterocycles. The molecule has 1 amide bonds. The fourth-order valence-corrected chi connectivity index (χ4v) is 2.16. The van der Waals surface area contributed by atoms with Crippen LogP contribution in [0.25, 0.3) is 0 Å². The molecule has 0 aliphatic carbocycles. The molecule has 7 nitrogen and oxygen atoms in total. The van der Waals surface area contributed by atoms with Crippen LogP contribution in [-0.4, -0.2) is 38.7 Å². The molecule has 0 bridgehead atoms. The van der Waals surface area contributed by atoms with Gasteiger partial charge in [0, 0.05) is 13.6 Å². The quantitative estimate of drug-likeness (QED) is 0.219. The Morgan fingerprint density at radius 1 is 1.04 bits per heavy atom. The van der Waals surface area contributed by atoms with Crippen molar-refractivity contribution in [2.75, 3.05) is 26.8 Å². The normalized spacial score (nSPS) is 10.5. The summed E-state index contributed by atoms with van der Waals surface area (Å²) in [6, 6.07) is 17.1. The number of nitrogens with two attached hydrogens (primary N) is 1.